The maximum atomic E-state index is 2.61. The lowest BCUT2D eigenvalue weighted by Gasteiger charge is -2.30. The molecule has 1 atom stereocenters. The fraction of sp³-hybridized carbons (Fsp3) is 0.619. The summed E-state index contributed by atoms with van der Waals surface area (Å²) < 4.78 is 0. The van der Waals surface area contributed by atoms with E-state index in [9.17, 15) is 0 Å². The summed E-state index contributed by atoms with van der Waals surface area (Å²) in [4.78, 5) is 2.61. The summed E-state index contributed by atoms with van der Waals surface area (Å²) in [6, 6.07) is 0. The molecule has 1 aliphatic heterocycles. The van der Waals surface area contributed by atoms with Gasteiger partial charge in [0.25, 0.3) is 0 Å². The van der Waals surface area contributed by atoms with Gasteiger partial charge in [0.05, 0.1) is 0 Å². The molecule has 22 heavy (non-hydrogen) atoms. The van der Waals surface area contributed by atoms with Crippen LogP contribution in [-0.2, 0) is 0 Å². The average molecular weight is 300 g/mol. The summed E-state index contributed by atoms with van der Waals surface area (Å²) in [6.07, 6.45) is 9.92. The van der Waals surface area contributed by atoms with Crippen LogP contribution in [0.15, 0.2) is 45.7 Å². The van der Waals surface area contributed by atoms with Gasteiger partial charge in [0.15, 0.2) is 0 Å². The highest BCUT2D eigenvalue weighted by atomic mass is 15.2. The van der Waals surface area contributed by atoms with Gasteiger partial charge in [-0.1, -0.05) is 37.1 Å². The van der Waals surface area contributed by atoms with Gasteiger partial charge >= 0.3 is 0 Å². The molecule has 0 saturated carbocycles. The average Bonchev–Trinajstić information content (AvgIpc) is 2.96. The van der Waals surface area contributed by atoms with Crippen molar-refractivity contribution in [2.75, 3.05) is 13.1 Å². The molecule has 1 heteroatoms. The normalized spacial score (nSPS) is 23.0. The minimum absolute atomic E-state index is 0.649. The van der Waals surface area contributed by atoms with Crippen LogP contribution in [0.5, 0.6) is 0 Å². The van der Waals surface area contributed by atoms with E-state index in [1.807, 2.05) is 0 Å². The van der Waals surface area contributed by atoms with Crippen molar-refractivity contribution in [1.82, 2.24) is 4.90 Å². The molecular formula is C21H33N. The van der Waals surface area contributed by atoms with Crippen LogP contribution in [0.1, 0.15) is 67.2 Å². The highest BCUT2D eigenvalue weighted by Crippen LogP contribution is 2.38. The van der Waals surface area contributed by atoms with E-state index in [1.54, 1.807) is 5.57 Å². The molecule has 2 rings (SSSR count). The number of hydrogen-bond donors (Lipinski definition) is 0. The van der Waals surface area contributed by atoms with Crippen LogP contribution in [0, 0.1) is 5.92 Å². The third-order valence-electron chi connectivity index (χ3n) is 4.97. The molecule has 1 nitrogen and oxygen atoms in total. The third-order valence-corrected chi connectivity index (χ3v) is 4.97. The van der Waals surface area contributed by atoms with Crippen LogP contribution < -0.4 is 0 Å². The SMILES string of the molecule is CC/C=C(/C1=CC(C)CC(C)=C1C)C(=C(C)C)N1CCCC1. The summed E-state index contributed by atoms with van der Waals surface area (Å²) in [5.74, 6) is 0.649. The largest absolute Gasteiger partial charge is 0.371 e. The Labute approximate surface area is 137 Å². The molecule has 0 radical (unpaired) electrons. The molecule has 122 valence electrons. The van der Waals surface area contributed by atoms with Gasteiger partial charge in [0, 0.05) is 24.4 Å². The lowest BCUT2D eigenvalue weighted by molar-refractivity contribution is 0.430. The Morgan fingerprint density at radius 3 is 2.41 bits per heavy atom. The summed E-state index contributed by atoms with van der Waals surface area (Å²) in [5, 5.41) is 0. The van der Waals surface area contributed by atoms with E-state index in [-0.39, 0.29) is 0 Å². The summed E-state index contributed by atoms with van der Waals surface area (Å²) >= 11 is 0. The minimum Gasteiger partial charge on any atom is -0.371 e. The zero-order chi connectivity index (χ0) is 16.3. The molecule has 1 fully saturated rings. The highest BCUT2D eigenvalue weighted by molar-refractivity contribution is 5.58. The molecule has 2 aliphatic rings. The van der Waals surface area contributed by atoms with Gasteiger partial charge in [0.1, 0.15) is 0 Å². The number of hydrogen-bond acceptors (Lipinski definition) is 1. The highest BCUT2D eigenvalue weighted by Gasteiger charge is 2.24. The maximum absolute atomic E-state index is 2.61. The van der Waals surface area contributed by atoms with Gasteiger partial charge in [-0.3, -0.25) is 0 Å². The summed E-state index contributed by atoms with van der Waals surface area (Å²) in [5.41, 5.74) is 8.96. The van der Waals surface area contributed by atoms with Crippen molar-refractivity contribution in [2.45, 2.75) is 67.2 Å². The quantitative estimate of drug-likeness (QED) is 0.574. The third kappa shape index (κ3) is 3.56. The van der Waals surface area contributed by atoms with Crippen molar-refractivity contribution in [3.05, 3.63) is 45.7 Å². The van der Waals surface area contributed by atoms with Crippen molar-refractivity contribution in [3.8, 4) is 0 Å². The van der Waals surface area contributed by atoms with Crippen molar-refractivity contribution in [3.63, 3.8) is 0 Å². The molecule has 0 N–H and O–H groups in total. The first kappa shape index (κ1) is 17.1. The van der Waals surface area contributed by atoms with Crippen molar-refractivity contribution in [2.24, 2.45) is 5.92 Å². The van der Waals surface area contributed by atoms with Crippen LogP contribution in [0.25, 0.3) is 0 Å². The van der Waals surface area contributed by atoms with Gasteiger partial charge in [-0.05, 0) is 70.4 Å². The molecule has 0 amide bonds. The monoisotopic (exact) mass is 299 g/mol. The van der Waals surface area contributed by atoms with E-state index in [0.29, 0.717) is 5.92 Å². The van der Waals surface area contributed by atoms with E-state index >= 15 is 0 Å². The molecule has 1 unspecified atom stereocenters. The van der Waals surface area contributed by atoms with Crippen LogP contribution >= 0.6 is 0 Å². The Hall–Kier alpha value is -1.24. The molecule has 0 bridgehead atoms. The van der Waals surface area contributed by atoms with Crippen LogP contribution in [0.4, 0.5) is 0 Å². The van der Waals surface area contributed by atoms with Crippen LogP contribution in [0.2, 0.25) is 0 Å². The summed E-state index contributed by atoms with van der Waals surface area (Å²) in [6.45, 7) is 16.2. The Balaban J connectivity index is 2.50. The first-order valence-corrected chi connectivity index (χ1v) is 8.97. The zero-order valence-electron chi connectivity index (χ0n) is 15.4. The van der Waals surface area contributed by atoms with E-state index in [0.717, 1.165) is 6.42 Å². The summed E-state index contributed by atoms with van der Waals surface area (Å²) in [7, 11) is 0. The fourth-order valence-electron chi connectivity index (χ4n) is 3.86. The van der Waals surface area contributed by atoms with Gasteiger partial charge in [-0.15, -0.1) is 0 Å². The van der Waals surface area contributed by atoms with E-state index in [1.165, 1.54) is 60.3 Å². The Bertz CT molecular complexity index is 532. The lowest BCUT2D eigenvalue weighted by Crippen LogP contribution is -2.23. The van der Waals surface area contributed by atoms with Gasteiger partial charge in [-0.25, -0.2) is 0 Å². The lowest BCUT2D eigenvalue weighted by atomic mass is 9.82. The van der Waals surface area contributed by atoms with Gasteiger partial charge < -0.3 is 4.90 Å². The van der Waals surface area contributed by atoms with E-state index < -0.39 is 0 Å². The zero-order valence-corrected chi connectivity index (χ0v) is 15.4. The minimum atomic E-state index is 0.649. The standard InChI is InChI=1S/C21H33N/c1-7-10-19(20-14-16(4)13-17(5)18(20)6)21(15(2)3)22-11-8-9-12-22/h10,14,16H,7-9,11-13H2,1-6H3/b19-10-. The van der Waals surface area contributed by atoms with Crippen molar-refractivity contribution >= 4 is 0 Å². The Kier molecular flexibility index (Phi) is 5.72. The van der Waals surface area contributed by atoms with Crippen LogP contribution in [-0.4, -0.2) is 18.0 Å². The Morgan fingerprint density at radius 2 is 1.86 bits per heavy atom. The molecule has 0 aromatic heterocycles. The molecular weight excluding hydrogens is 266 g/mol. The van der Waals surface area contributed by atoms with Crippen LogP contribution in [0.3, 0.4) is 0 Å². The second-order valence-corrected chi connectivity index (χ2v) is 7.24. The first-order valence-electron chi connectivity index (χ1n) is 8.97. The molecule has 0 spiro atoms. The Morgan fingerprint density at radius 1 is 1.23 bits per heavy atom. The first-order chi connectivity index (χ1) is 10.5. The number of rotatable bonds is 4. The van der Waals surface area contributed by atoms with E-state index in [2.05, 4.69) is 58.6 Å². The molecule has 0 aromatic carbocycles. The molecule has 1 heterocycles. The van der Waals surface area contributed by atoms with Gasteiger partial charge in [-0.2, -0.15) is 0 Å². The predicted molar refractivity (Wildman–Crippen MR) is 97.8 cm³/mol. The molecule has 1 saturated heterocycles. The molecule has 0 aromatic rings. The maximum Gasteiger partial charge on any atom is 0.0428 e. The number of nitrogens with zero attached hydrogens (tertiary/aromatic N) is 1. The van der Waals surface area contributed by atoms with Crippen molar-refractivity contribution in [1.29, 1.82) is 0 Å². The molecule has 1 aliphatic carbocycles. The van der Waals surface area contributed by atoms with Gasteiger partial charge in [0.2, 0.25) is 0 Å². The van der Waals surface area contributed by atoms with E-state index in [4.69, 9.17) is 0 Å². The fourth-order valence-corrected chi connectivity index (χ4v) is 3.86. The van der Waals surface area contributed by atoms with Crippen molar-refractivity contribution < 1.29 is 0 Å². The smallest absolute Gasteiger partial charge is 0.0428 e. The predicted octanol–water partition coefficient (Wildman–Crippen LogP) is 6.02. The number of likely N-dealkylation sites (tertiary alicyclic amines) is 1. The topological polar surface area (TPSA) is 3.24 Å². The number of allylic oxidation sites excluding steroid dienone is 6. The second kappa shape index (κ2) is 7.35. The second-order valence-electron chi connectivity index (χ2n) is 7.24.